The van der Waals surface area contributed by atoms with Crippen molar-refractivity contribution < 1.29 is 23.0 Å². The molecule has 3 rings (SSSR count). The number of aromatic nitrogens is 4. The van der Waals surface area contributed by atoms with E-state index in [9.17, 15) is 18.3 Å². The van der Waals surface area contributed by atoms with Crippen LogP contribution >= 0.6 is 11.6 Å². The highest BCUT2D eigenvalue weighted by atomic mass is 35.5. The minimum absolute atomic E-state index is 0.00801. The van der Waals surface area contributed by atoms with Crippen molar-refractivity contribution in [2.75, 3.05) is 0 Å². The maximum absolute atomic E-state index is 12.4. The molecule has 0 fully saturated rings. The molecule has 0 spiro atoms. The van der Waals surface area contributed by atoms with E-state index in [0.29, 0.717) is 5.56 Å². The third-order valence-electron chi connectivity index (χ3n) is 3.25. The SMILES string of the molecule is C=CCc1c(Cl)nn2c(-c3cccc(OC(F)(F)F)c3)nnc2c1O. The fraction of sp³-hybridized carbons (Fsp3) is 0.133. The Morgan fingerprint density at radius 2 is 2.08 bits per heavy atom. The minimum Gasteiger partial charge on any atom is -0.504 e. The van der Waals surface area contributed by atoms with Crippen molar-refractivity contribution in [1.29, 1.82) is 0 Å². The fourth-order valence-electron chi connectivity index (χ4n) is 2.24. The van der Waals surface area contributed by atoms with Crippen molar-refractivity contribution in [2.45, 2.75) is 12.8 Å². The van der Waals surface area contributed by atoms with Crippen LogP contribution in [0.5, 0.6) is 11.5 Å². The first-order chi connectivity index (χ1) is 11.8. The quantitative estimate of drug-likeness (QED) is 0.708. The predicted octanol–water partition coefficient (Wildman–Crippen LogP) is 3.78. The lowest BCUT2D eigenvalue weighted by Gasteiger charge is -2.10. The van der Waals surface area contributed by atoms with Gasteiger partial charge in [-0.2, -0.15) is 9.61 Å². The molecule has 0 unspecified atom stereocenters. The summed E-state index contributed by atoms with van der Waals surface area (Å²) in [5.74, 6) is -0.535. The summed E-state index contributed by atoms with van der Waals surface area (Å²) in [5.41, 5.74) is 0.615. The van der Waals surface area contributed by atoms with Crippen LogP contribution in [0.4, 0.5) is 13.2 Å². The third kappa shape index (κ3) is 3.36. The monoisotopic (exact) mass is 370 g/mol. The van der Waals surface area contributed by atoms with Gasteiger partial charge in [-0.05, 0) is 18.6 Å². The highest BCUT2D eigenvalue weighted by Gasteiger charge is 2.31. The summed E-state index contributed by atoms with van der Waals surface area (Å²) in [7, 11) is 0. The first kappa shape index (κ1) is 17.0. The van der Waals surface area contributed by atoms with E-state index < -0.39 is 12.1 Å². The zero-order valence-electron chi connectivity index (χ0n) is 12.5. The van der Waals surface area contributed by atoms with Crippen molar-refractivity contribution in [2.24, 2.45) is 0 Å². The molecule has 0 saturated heterocycles. The minimum atomic E-state index is -4.81. The standard InChI is InChI=1S/C15H10ClF3N4O2/c1-2-4-10-11(24)14-21-20-13(23(14)22-12(10)16)8-5-3-6-9(7-8)25-15(17,18)19/h2-3,5-7,24H,1,4H2. The molecule has 1 N–H and O–H groups in total. The Balaban J connectivity index is 2.11. The zero-order chi connectivity index (χ0) is 18.2. The summed E-state index contributed by atoms with van der Waals surface area (Å²) in [5, 5.41) is 22.1. The normalized spacial score (nSPS) is 11.7. The molecule has 0 atom stereocenters. The lowest BCUT2D eigenvalue weighted by molar-refractivity contribution is -0.274. The van der Waals surface area contributed by atoms with Crippen LogP contribution in [-0.2, 0) is 6.42 Å². The van der Waals surface area contributed by atoms with Gasteiger partial charge in [-0.1, -0.05) is 29.8 Å². The Bertz CT molecular complexity index is 956. The molecule has 3 aromatic rings. The zero-order valence-corrected chi connectivity index (χ0v) is 13.2. The van der Waals surface area contributed by atoms with E-state index in [-0.39, 0.29) is 34.4 Å². The topological polar surface area (TPSA) is 72.5 Å². The lowest BCUT2D eigenvalue weighted by Crippen LogP contribution is -2.17. The molecule has 6 nitrogen and oxygen atoms in total. The highest BCUT2D eigenvalue weighted by molar-refractivity contribution is 6.30. The van der Waals surface area contributed by atoms with Gasteiger partial charge >= 0.3 is 6.36 Å². The van der Waals surface area contributed by atoms with Crippen LogP contribution in [0.25, 0.3) is 17.0 Å². The molecule has 0 amide bonds. The van der Waals surface area contributed by atoms with E-state index in [0.717, 1.165) is 16.6 Å². The maximum Gasteiger partial charge on any atom is 0.573 e. The number of ether oxygens (including phenoxy) is 1. The van der Waals surface area contributed by atoms with Gasteiger partial charge < -0.3 is 9.84 Å². The number of nitrogens with zero attached hydrogens (tertiary/aromatic N) is 4. The number of hydrogen-bond donors (Lipinski definition) is 1. The number of allylic oxidation sites excluding steroid dienone is 1. The Hall–Kier alpha value is -2.81. The summed E-state index contributed by atoms with van der Waals surface area (Å²) in [6.07, 6.45) is -3.01. The van der Waals surface area contributed by atoms with Crippen LogP contribution in [-0.4, -0.2) is 31.3 Å². The summed E-state index contributed by atoms with van der Waals surface area (Å²) in [6.45, 7) is 3.56. The molecule has 0 aliphatic rings. The van der Waals surface area contributed by atoms with E-state index in [1.54, 1.807) is 0 Å². The molecule has 0 bridgehead atoms. The van der Waals surface area contributed by atoms with Crippen LogP contribution in [0.2, 0.25) is 5.15 Å². The van der Waals surface area contributed by atoms with Crippen LogP contribution in [0.3, 0.4) is 0 Å². The Kier molecular flexibility index (Phi) is 4.25. The molecule has 2 aromatic heterocycles. The van der Waals surface area contributed by atoms with Crippen molar-refractivity contribution in [3.8, 4) is 22.9 Å². The second-order valence-electron chi connectivity index (χ2n) is 4.95. The van der Waals surface area contributed by atoms with Gasteiger partial charge in [-0.15, -0.1) is 29.9 Å². The number of benzene rings is 1. The predicted molar refractivity (Wildman–Crippen MR) is 83.5 cm³/mol. The number of rotatable bonds is 4. The number of alkyl halides is 3. The van der Waals surface area contributed by atoms with Gasteiger partial charge in [0.15, 0.2) is 16.7 Å². The van der Waals surface area contributed by atoms with E-state index >= 15 is 0 Å². The molecule has 0 radical (unpaired) electrons. The second kappa shape index (κ2) is 6.25. The summed E-state index contributed by atoms with van der Waals surface area (Å²) < 4.78 is 42.1. The molecule has 25 heavy (non-hydrogen) atoms. The van der Waals surface area contributed by atoms with Crippen LogP contribution in [0, 0.1) is 0 Å². The molecular weight excluding hydrogens is 361 g/mol. The molecule has 0 aliphatic carbocycles. The Labute approximate surface area is 144 Å². The molecule has 0 aliphatic heterocycles. The molecule has 130 valence electrons. The van der Waals surface area contributed by atoms with Crippen LogP contribution in [0.15, 0.2) is 36.9 Å². The van der Waals surface area contributed by atoms with Crippen LogP contribution in [0.1, 0.15) is 5.56 Å². The van der Waals surface area contributed by atoms with Crippen molar-refractivity contribution in [3.05, 3.63) is 47.6 Å². The molecule has 1 aromatic carbocycles. The van der Waals surface area contributed by atoms with E-state index in [1.165, 1.54) is 18.2 Å². The van der Waals surface area contributed by atoms with Gasteiger partial charge in [0, 0.05) is 11.1 Å². The lowest BCUT2D eigenvalue weighted by atomic mass is 10.2. The smallest absolute Gasteiger partial charge is 0.504 e. The van der Waals surface area contributed by atoms with Crippen molar-refractivity contribution in [3.63, 3.8) is 0 Å². The van der Waals surface area contributed by atoms with Gasteiger partial charge in [0.1, 0.15) is 5.75 Å². The second-order valence-corrected chi connectivity index (χ2v) is 5.30. The van der Waals surface area contributed by atoms with Gasteiger partial charge in [0.2, 0.25) is 5.65 Å². The number of hydrogen-bond acceptors (Lipinski definition) is 5. The van der Waals surface area contributed by atoms with Gasteiger partial charge in [-0.3, -0.25) is 0 Å². The number of halogens is 4. The van der Waals surface area contributed by atoms with Gasteiger partial charge in [0.05, 0.1) is 0 Å². The number of aromatic hydroxyl groups is 1. The van der Waals surface area contributed by atoms with E-state index in [4.69, 9.17) is 11.6 Å². The van der Waals surface area contributed by atoms with Gasteiger partial charge in [0.25, 0.3) is 0 Å². The Morgan fingerprint density at radius 1 is 1.32 bits per heavy atom. The van der Waals surface area contributed by atoms with Crippen molar-refractivity contribution >= 4 is 17.2 Å². The van der Waals surface area contributed by atoms with Crippen molar-refractivity contribution in [1.82, 2.24) is 19.8 Å². The summed E-state index contributed by atoms with van der Waals surface area (Å²) >= 11 is 6.05. The molecule has 2 heterocycles. The van der Waals surface area contributed by atoms with Crippen LogP contribution < -0.4 is 4.74 Å². The molecule has 10 heteroatoms. The summed E-state index contributed by atoms with van der Waals surface area (Å²) in [4.78, 5) is 0. The first-order valence-corrected chi connectivity index (χ1v) is 7.28. The highest BCUT2D eigenvalue weighted by Crippen LogP contribution is 2.32. The van der Waals surface area contributed by atoms with Gasteiger partial charge in [-0.25, -0.2) is 0 Å². The average Bonchev–Trinajstić information content (AvgIpc) is 2.94. The van der Waals surface area contributed by atoms with E-state index in [2.05, 4.69) is 26.6 Å². The molecular formula is C15H10ClF3N4O2. The summed E-state index contributed by atoms with van der Waals surface area (Å²) in [6, 6.07) is 5.16. The Morgan fingerprint density at radius 3 is 2.76 bits per heavy atom. The fourth-order valence-corrected chi connectivity index (χ4v) is 2.48. The number of fused-ring (bicyclic) bond motifs is 1. The van der Waals surface area contributed by atoms with E-state index in [1.807, 2.05) is 0 Å². The first-order valence-electron chi connectivity index (χ1n) is 6.90. The molecule has 0 saturated carbocycles. The largest absolute Gasteiger partial charge is 0.573 e. The third-order valence-corrected chi connectivity index (χ3v) is 3.55. The average molecular weight is 371 g/mol. The maximum atomic E-state index is 12.4.